The molecule has 0 spiro atoms. The molecule has 6 heteroatoms. The number of carbonyl (C=O) groups excluding carboxylic acids is 1. The normalized spacial score (nSPS) is 17.8. The molecule has 1 fully saturated rings. The monoisotopic (exact) mass is 187 g/mol. The van der Waals surface area contributed by atoms with E-state index in [9.17, 15) is 14.9 Å². The lowest BCUT2D eigenvalue weighted by Crippen LogP contribution is -2.44. The third-order valence-electron chi connectivity index (χ3n) is 2.13. The zero-order chi connectivity index (χ0) is 9.68. The average Bonchev–Trinajstić information content (AvgIpc) is 2.04. The number of nitrogens with one attached hydrogen (secondary N) is 2. The van der Waals surface area contributed by atoms with E-state index in [0.29, 0.717) is 0 Å². The van der Waals surface area contributed by atoms with Crippen LogP contribution in [0.4, 0.5) is 4.79 Å². The Kier molecular flexibility index (Phi) is 3.48. The smallest absolute Gasteiger partial charge is 0.331 e. The van der Waals surface area contributed by atoms with Crippen LogP contribution in [0.5, 0.6) is 0 Å². The molecule has 0 aromatic heterocycles. The van der Waals surface area contributed by atoms with Gasteiger partial charge in [0.25, 0.3) is 0 Å². The van der Waals surface area contributed by atoms with Crippen molar-refractivity contribution >= 4 is 6.03 Å². The first-order chi connectivity index (χ1) is 6.18. The van der Waals surface area contributed by atoms with Crippen molar-refractivity contribution in [2.75, 3.05) is 0 Å². The molecule has 2 amide bonds. The van der Waals surface area contributed by atoms with E-state index in [1.165, 1.54) is 6.42 Å². The Labute approximate surface area is 75.8 Å². The minimum Gasteiger partial charge on any atom is -0.331 e. The number of carbonyl (C=O) groups is 1. The molecule has 1 saturated carbocycles. The molecule has 2 N–H and O–H groups in total. The number of hydrazine groups is 1. The van der Waals surface area contributed by atoms with Gasteiger partial charge in [-0.05, 0) is 12.8 Å². The molecule has 74 valence electrons. The lowest BCUT2D eigenvalue weighted by molar-refractivity contribution is -0.527. The predicted octanol–water partition coefficient (Wildman–Crippen LogP) is 0.810. The van der Waals surface area contributed by atoms with Crippen LogP contribution in [0.1, 0.15) is 32.1 Å². The maximum Gasteiger partial charge on any atom is 0.372 e. The van der Waals surface area contributed by atoms with Crippen molar-refractivity contribution in [3.63, 3.8) is 0 Å². The number of urea groups is 1. The Morgan fingerprint density at radius 3 is 2.46 bits per heavy atom. The zero-order valence-corrected chi connectivity index (χ0v) is 7.28. The molecular weight excluding hydrogens is 174 g/mol. The molecule has 1 aliphatic rings. The average molecular weight is 187 g/mol. The standard InChI is InChI=1S/C7H13N3O3/c11-7(9-10(12)13)8-6-4-2-1-3-5-6/h6H,1-5H2,(H2,8,9,11). The van der Waals surface area contributed by atoms with Gasteiger partial charge < -0.3 is 5.32 Å². The van der Waals surface area contributed by atoms with Crippen molar-refractivity contribution in [3.05, 3.63) is 10.1 Å². The summed E-state index contributed by atoms with van der Waals surface area (Å²) in [4.78, 5) is 20.7. The maximum atomic E-state index is 10.9. The number of nitro groups is 1. The summed E-state index contributed by atoms with van der Waals surface area (Å²) in [5.74, 6) is 0. The summed E-state index contributed by atoms with van der Waals surface area (Å²) in [6.07, 6.45) is 5.21. The minimum absolute atomic E-state index is 0.105. The van der Waals surface area contributed by atoms with Crippen LogP contribution in [-0.4, -0.2) is 17.1 Å². The minimum atomic E-state index is -0.849. The van der Waals surface area contributed by atoms with Gasteiger partial charge in [-0.2, -0.15) is 0 Å². The predicted molar refractivity (Wildman–Crippen MR) is 45.5 cm³/mol. The van der Waals surface area contributed by atoms with Gasteiger partial charge in [-0.25, -0.2) is 14.9 Å². The Balaban J connectivity index is 2.22. The van der Waals surface area contributed by atoms with E-state index >= 15 is 0 Å². The molecule has 0 aromatic carbocycles. The van der Waals surface area contributed by atoms with Gasteiger partial charge in [-0.3, -0.25) is 0 Å². The van der Waals surface area contributed by atoms with Gasteiger partial charge in [0.05, 0.1) is 0 Å². The number of amides is 2. The van der Waals surface area contributed by atoms with Crippen LogP contribution in [0.3, 0.4) is 0 Å². The molecule has 6 nitrogen and oxygen atoms in total. The highest BCUT2D eigenvalue weighted by Crippen LogP contribution is 2.16. The highest BCUT2D eigenvalue weighted by atomic mass is 16.7. The fourth-order valence-electron chi connectivity index (χ4n) is 1.55. The van der Waals surface area contributed by atoms with Crippen LogP contribution in [0.25, 0.3) is 0 Å². The number of hydrogen-bond acceptors (Lipinski definition) is 3. The fraction of sp³-hybridized carbons (Fsp3) is 0.857. The van der Waals surface area contributed by atoms with Crippen molar-refractivity contribution in [1.82, 2.24) is 10.7 Å². The Bertz CT molecular complexity index is 201. The SMILES string of the molecule is O=C(NC1CCCCC1)N[N+](=O)[O-]. The van der Waals surface area contributed by atoms with Crippen molar-refractivity contribution in [3.8, 4) is 0 Å². The van der Waals surface area contributed by atoms with Crippen LogP contribution in [0.15, 0.2) is 0 Å². The van der Waals surface area contributed by atoms with Crippen molar-refractivity contribution in [2.45, 2.75) is 38.1 Å². The Morgan fingerprint density at radius 2 is 1.92 bits per heavy atom. The van der Waals surface area contributed by atoms with E-state index in [1.54, 1.807) is 5.43 Å². The summed E-state index contributed by atoms with van der Waals surface area (Å²) in [6.45, 7) is 0. The molecule has 0 atom stereocenters. The lowest BCUT2D eigenvalue weighted by atomic mass is 9.96. The lowest BCUT2D eigenvalue weighted by Gasteiger charge is -2.21. The summed E-state index contributed by atoms with van der Waals surface area (Å²) >= 11 is 0. The second kappa shape index (κ2) is 4.64. The van der Waals surface area contributed by atoms with E-state index in [1.807, 2.05) is 0 Å². The summed E-state index contributed by atoms with van der Waals surface area (Å²) in [5.41, 5.74) is 1.56. The van der Waals surface area contributed by atoms with E-state index < -0.39 is 11.1 Å². The highest BCUT2D eigenvalue weighted by molar-refractivity contribution is 5.72. The first-order valence-corrected chi connectivity index (χ1v) is 4.40. The molecule has 0 aliphatic heterocycles. The fourth-order valence-corrected chi connectivity index (χ4v) is 1.55. The maximum absolute atomic E-state index is 10.9. The van der Waals surface area contributed by atoms with Gasteiger partial charge in [-0.1, -0.05) is 24.7 Å². The first kappa shape index (κ1) is 9.76. The van der Waals surface area contributed by atoms with Gasteiger partial charge in [0, 0.05) is 6.04 Å². The number of nitrogens with zero attached hydrogens (tertiary/aromatic N) is 1. The molecule has 0 radical (unpaired) electrons. The molecule has 0 bridgehead atoms. The third kappa shape index (κ3) is 3.73. The second-order valence-corrected chi connectivity index (χ2v) is 3.18. The van der Waals surface area contributed by atoms with E-state index in [4.69, 9.17) is 0 Å². The van der Waals surface area contributed by atoms with Crippen molar-refractivity contribution in [2.24, 2.45) is 0 Å². The van der Waals surface area contributed by atoms with E-state index in [-0.39, 0.29) is 6.04 Å². The van der Waals surface area contributed by atoms with Crippen LogP contribution < -0.4 is 10.7 Å². The summed E-state index contributed by atoms with van der Waals surface area (Å²) in [6, 6.07) is -0.606. The number of rotatable bonds is 2. The topological polar surface area (TPSA) is 84.3 Å². The molecule has 13 heavy (non-hydrogen) atoms. The summed E-state index contributed by atoms with van der Waals surface area (Å²) in [7, 11) is 0. The Hall–Kier alpha value is -1.33. The van der Waals surface area contributed by atoms with Crippen LogP contribution in [0, 0.1) is 10.1 Å². The van der Waals surface area contributed by atoms with Gasteiger partial charge in [-0.15, -0.1) is 0 Å². The zero-order valence-electron chi connectivity index (χ0n) is 7.28. The van der Waals surface area contributed by atoms with Crippen LogP contribution in [0.2, 0.25) is 0 Å². The molecule has 1 rings (SSSR count). The van der Waals surface area contributed by atoms with Gasteiger partial charge >= 0.3 is 6.03 Å². The molecule has 1 aliphatic carbocycles. The second-order valence-electron chi connectivity index (χ2n) is 3.18. The Morgan fingerprint density at radius 1 is 1.31 bits per heavy atom. The summed E-state index contributed by atoms with van der Waals surface area (Å²) < 4.78 is 0. The molecule has 0 heterocycles. The van der Waals surface area contributed by atoms with E-state index in [0.717, 1.165) is 25.7 Å². The highest BCUT2D eigenvalue weighted by Gasteiger charge is 2.17. The van der Waals surface area contributed by atoms with E-state index in [2.05, 4.69) is 5.32 Å². The van der Waals surface area contributed by atoms with Crippen molar-refractivity contribution in [1.29, 1.82) is 0 Å². The molecule has 0 aromatic rings. The largest absolute Gasteiger partial charge is 0.372 e. The number of hydrogen-bond donors (Lipinski definition) is 2. The molecule has 0 saturated heterocycles. The first-order valence-electron chi connectivity index (χ1n) is 4.40. The van der Waals surface area contributed by atoms with Gasteiger partial charge in [0.15, 0.2) is 5.03 Å². The van der Waals surface area contributed by atoms with Crippen molar-refractivity contribution < 1.29 is 9.83 Å². The van der Waals surface area contributed by atoms with Gasteiger partial charge in [0.1, 0.15) is 0 Å². The quantitative estimate of drug-likeness (QED) is 0.495. The van der Waals surface area contributed by atoms with Gasteiger partial charge in [0.2, 0.25) is 0 Å². The molecule has 0 unspecified atom stereocenters. The van der Waals surface area contributed by atoms with Crippen LogP contribution >= 0.6 is 0 Å². The third-order valence-corrected chi connectivity index (χ3v) is 2.13. The molecular formula is C7H13N3O3. The van der Waals surface area contributed by atoms with Crippen LogP contribution in [-0.2, 0) is 0 Å². The summed E-state index contributed by atoms with van der Waals surface area (Å²) in [5, 5.41) is 11.6.